The van der Waals surface area contributed by atoms with Crippen molar-refractivity contribution in [2.45, 2.75) is 30.8 Å². The summed E-state index contributed by atoms with van der Waals surface area (Å²) in [4.78, 5) is 2.42. The van der Waals surface area contributed by atoms with Crippen molar-refractivity contribution >= 4 is 15.7 Å². The molecule has 0 spiro atoms. The fourth-order valence-corrected chi connectivity index (χ4v) is 4.87. The molecule has 0 aromatic heterocycles. The van der Waals surface area contributed by atoms with Crippen molar-refractivity contribution in [3.63, 3.8) is 0 Å². The standard InChI is InChI=1S/C20H26N2O3S/c1-17-8-7-9-18(14-17)22(16-19(23)15-21-12-5-6-13-21)26(24,25)20-10-3-2-4-11-20/h2-4,7-11,14,19,23H,5-6,12-13,15-16H2,1H3/t19-/m0/s1. The van der Waals surface area contributed by atoms with E-state index in [4.69, 9.17) is 0 Å². The Morgan fingerprint density at radius 2 is 1.77 bits per heavy atom. The zero-order valence-corrected chi connectivity index (χ0v) is 15.9. The molecule has 2 aromatic rings. The zero-order chi connectivity index (χ0) is 18.6. The number of benzene rings is 2. The highest BCUT2D eigenvalue weighted by molar-refractivity contribution is 7.92. The van der Waals surface area contributed by atoms with Crippen LogP contribution in [0.15, 0.2) is 59.5 Å². The molecule has 1 N–H and O–H groups in total. The Hall–Kier alpha value is -1.89. The average molecular weight is 375 g/mol. The maximum absolute atomic E-state index is 13.2. The molecule has 5 nitrogen and oxygen atoms in total. The molecule has 0 bridgehead atoms. The smallest absolute Gasteiger partial charge is 0.264 e. The SMILES string of the molecule is Cc1cccc(N(C[C@@H](O)CN2CCCC2)S(=O)(=O)c2ccccc2)c1. The van der Waals surface area contributed by atoms with E-state index in [0.717, 1.165) is 31.5 Å². The molecule has 0 amide bonds. The van der Waals surface area contributed by atoms with Gasteiger partial charge in [0.15, 0.2) is 0 Å². The molecule has 0 radical (unpaired) electrons. The van der Waals surface area contributed by atoms with Crippen LogP contribution in [0, 0.1) is 6.92 Å². The van der Waals surface area contributed by atoms with Gasteiger partial charge in [0.1, 0.15) is 0 Å². The molecule has 0 saturated carbocycles. The van der Waals surface area contributed by atoms with Gasteiger partial charge in [0, 0.05) is 6.54 Å². The predicted octanol–water partition coefficient (Wildman–Crippen LogP) is 2.65. The van der Waals surface area contributed by atoms with Crippen LogP contribution in [0.25, 0.3) is 0 Å². The fourth-order valence-electron chi connectivity index (χ4n) is 3.36. The van der Waals surface area contributed by atoms with Gasteiger partial charge in [0.25, 0.3) is 10.0 Å². The number of aliphatic hydroxyl groups excluding tert-OH is 1. The van der Waals surface area contributed by atoms with E-state index in [1.165, 1.54) is 4.31 Å². The van der Waals surface area contributed by atoms with Crippen LogP contribution >= 0.6 is 0 Å². The lowest BCUT2D eigenvalue weighted by Gasteiger charge is -2.29. The summed E-state index contributed by atoms with van der Waals surface area (Å²) in [6, 6.07) is 15.8. The van der Waals surface area contributed by atoms with Crippen molar-refractivity contribution in [3.8, 4) is 0 Å². The first-order chi connectivity index (χ1) is 12.5. The zero-order valence-electron chi connectivity index (χ0n) is 15.1. The summed E-state index contributed by atoms with van der Waals surface area (Å²) in [5.74, 6) is 0. The molecule has 1 fully saturated rings. The third-order valence-corrected chi connectivity index (χ3v) is 6.47. The number of anilines is 1. The van der Waals surface area contributed by atoms with Gasteiger partial charge in [-0.15, -0.1) is 0 Å². The fraction of sp³-hybridized carbons (Fsp3) is 0.400. The van der Waals surface area contributed by atoms with E-state index in [1.807, 2.05) is 25.1 Å². The molecule has 6 heteroatoms. The average Bonchev–Trinajstić information content (AvgIpc) is 3.13. The molecular formula is C20H26N2O3S. The van der Waals surface area contributed by atoms with Crippen LogP contribution in [0.4, 0.5) is 5.69 Å². The number of aryl methyl sites for hydroxylation is 1. The third-order valence-electron chi connectivity index (χ3n) is 4.67. The monoisotopic (exact) mass is 374 g/mol. The van der Waals surface area contributed by atoms with E-state index in [1.54, 1.807) is 36.4 Å². The van der Waals surface area contributed by atoms with Crippen molar-refractivity contribution in [2.24, 2.45) is 0 Å². The minimum Gasteiger partial charge on any atom is -0.390 e. The highest BCUT2D eigenvalue weighted by atomic mass is 32.2. The summed E-state index contributed by atoms with van der Waals surface area (Å²) in [6.45, 7) is 4.39. The van der Waals surface area contributed by atoms with E-state index >= 15 is 0 Å². The summed E-state index contributed by atoms with van der Waals surface area (Å²) in [6.07, 6.45) is 1.53. The second kappa shape index (κ2) is 8.20. The largest absolute Gasteiger partial charge is 0.390 e. The number of β-amino-alcohol motifs (C(OH)–C–C–N with tert-alkyl or cyclic N) is 1. The van der Waals surface area contributed by atoms with Crippen molar-refractivity contribution in [1.82, 2.24) is 4.90 Å². The number of rotatable bonds is 7. The van der Waals surface area contributed by atoms with E-state index in [0.29, 0.717) is 12.2 Å². The van der Waals surface area contributed by atoms with Gasteiger partial charge in [-0.1, -0.05) is 30.3 Å². The number of likely N-dealkylation sites (tertiary alicyclic amines) is 1. The van der Waals surface area contributed by atoms with Crippen molar-refractivity contribution < 1.29 is 13.5 Å². The molecule has 0 aliphatic carbocycles. The Morgan fingerprint density at radius 3 is 2.42 bits per heavy atom. The van der Waals surface area contributed by atoms with Gasteiger partial charge in [0.2, 0.25) is 0 Å². The minimum atomic E-state index is -3.74. The Labute approximate surface area is 155 Å². The number of nitrogens with zero attached hydrogens (tertiary/aromatic N) is 2. The van der Waals surface area contributed by atoms with E-state index in [2.05, 4.69) is 4.90 Å². The summed E-state index contributed by atoms with van der Waals surface area (Å²) in [5, 5.41) is 10.6. The Bertz CT molecular complexity index is 818. The molecule has 2 aromatic carbocycles. The minimum absolute atomic E-state index is 0.0389. The number of sulfonamides is 1. The van der Waals surface area contributed by atoms with Gasteiger partial charge in [-0.2, -0.15) is 0 Å². The molecule has 140 valence electrons. The van der Waals surface area contributed by atoms with Crippen LogP contribution in [0.5, 0.6) is 0 Å². The van der Waals surface area contributed by atoms with Gasteiger partial charge in [-0.05, 0) is 62.7 Å². The molecule has 1 aliphatic heterocycles. The van der Waals surface area contributed by atoms with Gasteiger partial charge in [-0.25, -0.2) is 8.42 Å². The molecule has 3 rings (SSSR count). The van der Waals surface area contributed by atoms with Crippen LogP contribution in [-0.2, 0) is 10.0 Å². The van der Waals surface area contributed by atoms with Crippen LogP contribution in [0.1, 0.15) is 18.4 Å². The van der Waals surface area contributed by atoms with Gasteiger partial charge in [0.05, 0.1) is 23.2 Å². The maximum atomic E-state index is 13.2. The third kappa shape index (κ3) is 4.44. The second-order valence-corrected chi connectivity index (χ2v) is 8.71. The quantitative estimate of drug-likeness (QED) is 0.809. The number of hydrogen-bond donors (Lipinski definition) is 1. The molecular weight excluding hydrogens is 348 g/mol. The summed E-state index contributed by atoms with van der Waals surface area (Å²) < 4.78 is 27.8. The van der Waals surface area contributed by atoms with Gasteiger partial charge in [-0.3, -0.25) is 4.31 Å². The molecule has 1 saturated heterocycles. The lowest BCUT2D eigenvalue weighted by molar-refractivity contribution is 0.132. The van der Waals surface area contributed by atoms with Crippen molar-refractivity contribution in [2.75, 3.05) is 30.5 Å². The maximum Gasteiger partial charge on any atom is 0.264 e. The number of aliphatic hydroxyl groups is 1. The van der Waals surface area contributed by atoms with Crippen LogP contribution in [0.3, 0.4) is 0 Å². The lowest BCUT2D eigenvalue weighted by atomic mass is 10.2. The Morgan fingerprint density at radius 1 is 1.08 bits per heavy atom. The summed E-state index contributed by atoms with van der Waals surface area (Å²) in [7, 11) is -3.74. The highest BCUT2D eigenvalue weighted by Gasteiger charge is 2.28. The first kappa shape index (κ1) is 18.9. The van der Waals surface area contributed by atoms with Gasteiger partial charge < -0.3 is 10.0 Å². The summed E-state index contributed by atoms with van der Waals surface area (Å²) in [5.41, 5.74) is 1.55. The topological polar surface area (TPSA) is 60.9 Å². The van der Waals surface area contributed by atoms with E-state index in [9.17, 15) is 13.5 Å². The number of hydrogen-bond acceptors (Lipinski definition) is 4. The van der Waals surface area contributed by atoms with Crippen LogP contribution in [0.2, 0.25) is 0 Å². The normalized spacial score (nSPS) is 16.5. The van der Waals surface area contributed by atoms with E-state index in [-0.39, 0.29) is 11.4 Å². The summed E-state index contributed by atoms with van der Waals surface area (Å²) >= 11 is 0. The van der Waals surface area contributed by atoms with E-state index < -0.39 is 16.1 Å². The highest BCUT2D eigenvalue weighted by Crippen LogP contribution is 2.25. The molecule has 1 heterocycles. The first-order valence-electron chi connectivity index (χ1n) is 9.02. The van der Waals surface area contributed by atoms with Crippen molar-refractivity contribution in [3.05, 3.63) is 60.2 Å². The second-order valence-electron chi connectivity index (χ2n) is 6.85. The first-order valence-corrected chi connectivity index (χ1v) is 10.5. The molecule has 26 heavy (non-hydrogen) atoms. The molecule has 1 atom stereocenters. The lowest BCUT2D eigenvalue weighted by Crippen LogP contribution is -2.42. The Kier molecular flexibility index (Phi) is 5.96. The molecule has 0 unspecified atom stereocenters. The van der Waals surface area contributed by atoms with Gasteiger partial charge >= 0.3 is 0 Å². The molecule has 1 aliphatic rings. The predicted molar refractivity (Wildman–Crippen MR) is 104 cm³/mol. The Balaban J connectivity index is 1.89. The van der Waals surface area contributed by atoms with Crippen LogP contribution < -0.4 is 4.31 Å². The van der Waals surface area contributed by atoms with Crippen LogP contribution in [-0.4, -0.2) is 50.7 Å². The van der Waals surface area contributed by atoms with Crippen molar-refractivity contribution in [1.29, 1.82) is 0 Å².